The van der Waals surface area contributed by atoms with Crippen LogP contribution in [0.3, 0.4) is 0 Å². The minimum Gasteiger partial charge on any atom is -0.497 e. The summed E-state index contributed by atoms with van der Waals surface area (Å²) in [7, 11) is 5.06. The van der Waals surface area contributed by atoms with Crippen molar-refractivity contribution in [3.63, 3.8) is 0 Å². The summed E-state index contributed by atoms with van der Waals surface area (Å²) in [4.78, 5) is 0. The van der Waals surface area contributed by atoms with Crippen LogP contribution in [0.2, 0.25) is 0 Å². The van der Waals surface area contributed by atoms with Crippen molar-refractivity contribution in [2.75, 3.05) is 27.9 Å². The van der Waals surface area contributed by atoms with Gasteiger partial charge < -0.3 is 14.2 Å². The van der Waals surface area contributed by atoms with Gasteiger partial charge in [0.1, 0.15) is 17.2 Å². The third-order valence-corrected chi connectivity index (χ3v) is 5.75. The van der Waals surface area contributed by atoms with Crippen LogP contribution in [-0.4, -0.2) is 32.9 Å². The lowest BCUT2D eigenvalue weighted by Gasteiger charge is -2.30. The Hall–Kier alpha value is -3.86. The SMILES string of the molecule is COc1ccc(CCCN2C=CC(c3ccc(OC)cc3)=C(c3ccc(OC)cc3)N2)cc1. The molecule has 0 saturated heterocycles. The summed E-state index contributed by atoms with van der Waals surface area (Å²) in [5.74, 6) is 2.58. The molecule has 33 heavy (non-hydrogen) atoms. The van der Waals surface area contributed by atoms with E-state index in [2.05, 4.69) is 59.1 Å². The molecule has 1 aliphatic rings. The van der Waals surface area contributed by atoms with Crippen molar-refractivity contribution in [2.24, 2.45) is 0 Å². The highest BCUT2D eigenvalue weighted by Gasteiger charge is 2.16. The maximum absolute atomic E-state index is 5.34. The van der Waals surface area contributed by atoms with E-state index in [1.807, 2.05) is 36.4 Å². The predicted octanol–water partition coefficient (Wildman–Crippen LogP) is 5.55. The van der Waals surface area contributed by atoms with Crippen molar-refractivity contribution in [1.29, 1.82) is 0 Å². The van der Waals surface area contributed by atoms with E-state index in [-0.39, 0.29) is 0 Å². The standard InChI is InChI=1S/C28H30N2O3/c1-31-24-12-6-21(7-13-24)5-4-19-30-20-18-27(22-8-14-25(32-2)15-9-22)28(29-30)23-10-16-26(33-3)17-11-23/h6-18,20,29H,4-5,19H2,1-3H3. The van der Waals surface area contributed by atoms with Gasteiger partial charge in [-0.25, -0.2) is 0 Å². The van der Waals surface area contributed by atoms with Gasteiger partial charge in [0.15, 0.2) is 0 Å². The second-order valence-electron chi connectivity index (χ2n) is 7.82. The van der Waals surface area contributed by atoms with Crippen molar-refractivity contribution in [3.8, 4) is 17.2 Å². The van der Waals surface area contributed by atoms with E-state index in [9.17, 15) is 0 Å². The summed E-state index contributed by atoms with van der Waals surface area (Å²) in [6.07, 6.45) is 6.31. The fourth-order valence-corrected chi connectivity index (χ4v) is 3.85. The lowest BCUT2D eigenvalue weighted by molar-refractivity contribution is 0.317. The molecule has 0 aliphatic carbocycles. The van der Waals surface area contributed by atoms with Gasteiger partial charge in [0, 0.05) is 23.9 Å². The van der Waals surface area contributed by atoms with E-state index in [4.69, 9.17) is 14.2 Å². The zero-order valence-corrected chi connectivity index (χ0v) is 19.4. The molecule has 1 N–H and O–H groups in total. The highest BCUT2D eigenvalue weighted by atomic mass is 16.5. The summed E-state index contributed by atoms with van der Waals surface area (Å²) in [5.41, 5.74) is 9.36. The van der Waals surface area contributed by atoms with Crippen LogP contribution in [0.4, 0.5) is 0 Å². The van der Waals surface area contributed by atoms with Crippen LogP contribution >= 0.6 is 0 Å². The van der Waals surface area contributed by atoms with Gasteiger partial charge in [0.2, 0.25) is 0 Å². The molecule has 0 spiro atoms. The molecular formula is C28H30N2O3. The van der Waals surface area contributed by atoms with Crippen LogP contribution in [0, 0.1) is 0 Å². The minimum atomic E-state index is 0.841. The van der Waals surface area contributed by atoms with Gasteiger partial charge in [0.25, 0.3) is 0 Å². The molecule has 0 aromatic heterocycles. The van der Waals surface area contributed by atoms with Gasteiger partial charge in [-0.1, -0.05) is 24.3 Å². The second-order valence-corrected chi connectivity index (χ2v) is 7.82. The molecule has 3 aromatic rings. The molecule has 1 aliphatic heterocycles. The Morgan fingerprint density at radius 3 is 1.73 bits per heavy atom. The highest BCUT2D eigenvalue weighted by Crippen LogP contribution is 2.31. The Kier molecular flexibility index (Phi) is 7.20. The molecule has 1 heterocycles. The first-order valence-corrected chi connectivity index (χ1v) is 11.1. The van der Waals surface area contributed by atoms with Gasteiger partial charge in [-0.15, -0.1) is 0 Å². The van der Waals surface area contributed by atoms with Crippen LogP contribution in [0.1, 0.15) is 23.1 Å². The van der Waals surface area contributed by atoms with E-state index in [1.54, 1.807) is 21.3 Å². The van der Waals surface area contributed by atoms with Crippen molar-refractivity contribution in [1.82, 2.24) is 10.4 Å². The lowest BCUT2D eigenvalue weighted by Crippen LogP contribution is -2.35. The zero-order chi connectivity index (χ0) is 23.0. The first-order chi connectivity index (χ1) is 16.2. The molecular weight excluding hydrogens is 412 g/mol. The quantitative estimate of drug-likeness (QED) is 0.471. The largest absolute Gasteiger partial charge is 0.497 e. The van der Waals surface area contributed by atoms with Gasteiger partial charge in [-0.05, 0) is 78.6 Å². The summed E-state index contributed by atoms with van der Waals surface area (Å²) in [5, 5.41) is 2.15. The normalized spacial score (nSPS) is 13.0. The van der Waals surface area contributed by atoms with Gasteiger partial charge in [-0.3, -0.25) is 10.4 Å². The van der Waals surface area contributed by atoms with Crippen molar-refractivity contribution >= 4 is 11.3 Å². The van der Waals surface area contributed by atoms with Crippen molar-refractivity contribution < 1.29 is 14.2 Å². The van der Waals surface area contributed by atoms with Gasteiger partial charge in [-0.2, -0.15) is 0 Å². The fraction of sp³-hybridized carbons (Fsp3) is 0.214. The van der Waals surface area contributed by atoms with Crippen LogP contribution < -0.4 is 19.6 Å². The number of hydrogen-bond acceptors (Lipinski definition) is 5. The molecule has 170 valence electrons. The molecule has 0 amide bonds. The van der Waals surface area contributed by atoms with Crippen LogP contribution in [0.15, 0.2) is 85.1 Å². The summed E-state index contributed by atoms with van der Waals surface area (Å²) in [6, 6.07) is 24.6. The molecule has 0 fully saturated rings. The number of benzene rings is 3. The maximum Gasteiger partial charge on any atom is 0.118 e. The number of rotatable bonds is 9. The number of allylic oxidation sites excluding steroid dienone is 2. The maximum atomic E-state index is 5.34. The molecule has 0 radical (unpaired) electrons. The molecule has 5 nitrogen and oxygen atoms in total. The summed E-state index contributed by atoms with van der Waals surface area (Å²) >= 11 is 0. The average molecular weight is 443 g/mol. The van der Waals surface area contributed by atoms with Crippen molar-refractivity contribution in [2.45, 2.75) is 12.8 Å². The van der Waals surface area contributed by atoms with E-state index >= 15 is 0 Å². The summed E-state index contributed by atoms with van der Waals surface area (Å²) in [6.45, 7) is 0.887. The summed E-state index contributed by atoms with van der Waals surface area (Å²) < 4.78 is 15.9. The number of hydrazine groups is 1. The van der Waals surface area contributed by atoms with E-state index < -0.39 is 0 Å². The first-order valence-electron chi connectivity index (χ1n) is 11.1. The van der Waals surface area contributed by atoms with Gasteiger partial charge in [0.05, 0.1) is 27.0 Å². The lowest BCUT2D eigenvalue weighted by atomic mass is 9.98. The fourth-order valence-electron chi connectivity index (χ4n) is 3.85. The number of ether oxygens (including phenoxy) is 3. The Labute approximate surface area is 195 Å². The number of nitrogens with zero attached hydrogens (tertiary/aromatic N) is 1. The third-order valence-electron chi connectivity index (χ3n) is 5.75. The van der Waals surface area contributed by atoms with Crippen LogP contribution in [0.5, 0.6) is 17.2 Å². The predicted molar refractivity (Wildman–Crippen MR) is 133 cm³/mol. The molecule has 0 unspecified atom stereocenters. The van der Waals surface area contributed by atoms with Crippen LogP contribution in [-0.2, 0) is 6.42 Å². The third kappa shape index (κ3) is 5.50. The Bertz CT molecular complexity index is 1100. The minimum absolute atomic E-state index is 0.841. The van der Waals surface area contributed by atoms with Crippen molar-refractivity contribution in [3.05, 3.63) is 102 Å². The smallest absolute Gasteiger partial charge is 0.118 e. The second kappa shape index (κ2) is 10.6. The molecule has 0 saturated carbocycles. The number of methoxy groups -OCH3 is 3. The number of hydrogen-bond donors (Lipinski definition) is 1. The topological polar surface area (TPSA) is 43.0 Å². The number of nitrogens with one attached hydrogen (secondary N) is 1. The Morgan fingerprint density at radius 1 is 0.667 bits per heavy atom. The Balaban J connectivity index is 1.51. The Morgan fingerprint density at radius 2 is 1.18 bits per heavy atom. The van der Waals surface area contributed by atoms with Gasteiger partial charge >= 0.3 is 0 Å². The molecule has 4 rings (SSSR count). The monoisotopic (exact) mass is 442 g/mol. The molecule has 3 aromatic carbocycles. The average Bonchev–Trinajstić information content (AvgIpc) is 2.89. The highest BCUT2D eigenvalue weighted by molar-refractivity contribution is 5.95. The van der Waals surface area contributed by atoms with Crippen LogP contribution in [0.25, 0.3) is 11.3 Å². The molecule has 0 bridgehead atoms. The number of aryl methyl sites for hydroxylation is 1. The van der Waals surface area contributed by atoms with E-state index in [0.717, 1.165) is 59.0 Å². The first kappa shape index (κ1) is 22.3. The van der Waals surface area contributed by atoms with E-state index in [1.165, 1.54) is 5.56 Å². The molecule has 0 atom stereocenters. The zero-order valence-electron chi connectivity index (χ0n) is 19.4. The van der Waals surface area contributed by atoms with E-state index in [0.29, 0.717) is 0 Å². The molecule has 5 heteroatoms.